The van der Waals surface area contributed by atoms with Crippen LogP contribution in [0.5, 0.6) is 0 Å². The molecule has 2 N–H and O–H groups in total. The molecule has 1 rings (SSSR count). The molecule has 4 amide bonds. The lowest BCUT2D eigenvalue weighted by molar-refractivity contribution is -0.137. The van der Waals surface area contributed by atoms with Crippen LogP contribution in [-0.4, -0.2) is 17.8 Å². The number of barbiturate groups is 1. The van der Waals surface area contributed by atoms with Gasteiger partial charge >= 0.3 is 6.03 Å². The third-order valence-electron chi connectivity index (χ3n) is 3.56. The molecule has 1 heterocycles. The number of allylic oxidation sites excluding steroid dienone is 10. The van der Waals surface area contributed by atoms with Gasteiger partial charge in [-0.3, -0.25) is 20.2 Å². The molecule has 0 bridgehead atoms. The molecule has 0 aromatic carbocycles. The first-order valence-corrected chi connectivity index (χ1v) is 7.56. The lowest BCUT2D eigenvalue weighted by Crippen LogP contribution is -2.58. The average Bonchev–Trinajstić information content (AvgIpc) is 2.54. The largest absolute Gasteiger partial charge is 0.328 e. The summed E-state index contributed by atoms with van der Waals surface area (Å²) >= 11 is 0. The normalized spacial score (nSPS) is 18.7. The van der Waals surface area contributed by atoms with Gasteiger partial charge in [-0.05, 0) is 25.0 Å². The number of hydrogen-bond donors (Lipinski definition) is 2. The summed E-state index contributed by atoms with van der Waals surface area (Å²) in [4.78, 5) is 35.9. The average molecular weight is 326 g/mol. The van der Waals surface area contributed by atoms with Crippen LogP contribution in [0.25, 0.3) is 0 Å². The number of carbonyl (C=O) groups excluding carboxylic acids is 3. The number of nitrogens with one attached hydrogen (secondary N) is 2. The van der Waals surface area contributed by atoms with Gasteiger partial charge in [0.25, 0.3) is 0 Å². The van der Waals surface area contributed by atoms with Crippen molar-refractivity contribution in [1.29, 1.82) is 0 Å². The van der Waals surface area contributed by atoms with Crippen molar-refractivity contribution in [2.75, 3.05) is 0 Å². The second kappa shape index (κ2) is 9.25. The summed E-state index contributed by atoms with van der Waals surface area (Å²) in [6.45, 7) is 11.1. The molecule has 24 heavy (non-hydrogen) atoms. The third-order valence-corrected chi connectivity index (χ3v) is 3.56. The molecular formula is C19H22N2O3. The van der Waals surface area contributed by atoms with E-state index in [9.17, 15) is 14.4 Å². The van der Waals surface area contributed by atoms with E-state index in [-0.39, 0.29) is 0 Å². The number of imide groups is 2. The van der Waals surface area contributed by atoms with Crippen molar-refractivity contribution in [2.24, 2.45) is 11.8 Å². The van der Waals surface area contributed by atoms with Crippen molar-refractivity contribution in [2.45, 2.75) is 13.8 Å². The van der Waals surface area contributed by atoms with E-state index in [1.165, 1.54) is 0 Å². The van der Waals surface area contributed by atoms with E-state index >= 15 is 0 Å². The molecule has 5 nitrogen and oxygen atoms in total. The fourth-order valence-electron chi connectivity index (χ4n) is 2.47. The monoisotopic (exact) mass is 326 g/mol. The minimum absolute atomic E-state index is 0.576. The van der Waals surface area contributed by atoms with Gasteiger partial charge in [-0.15, -0.1) is 0 Å². The Labute approximate surface area is 142 Å². The molecule has 1 fully saturated rings. The van der Waals surface area contributed by atoms with Crippen molar-refractivity contribution < 1.29 is 14.4 Å². The molecule has 0 saturated carbocycles. The maximum atomic E-state index is 12.3. The van der Waals surface area contributed by atoms with Gasteiger partial charge in [0.15, 0.2) is 0 Å². The van der Waals surface area contributed by atoms with Crippen LogP contribution in [0.4, 0.5) is 4.79 Å². The zero-order valence-electron chi connectivity index (χ0n) is 13.9. The van der Waals surface area contributed by atoms with E-state index in [0.29, 0.717) is 5.57 Å². The highest BCUT2D eigenvalue weighted by Crippen LogP contribution is 2.32. The Morgan fingerprint density at radius 2 is 1.67 bits per heavy atom. The summed E-state index contributed by atoms with van der Waals surface area (Å²) < 4.78 is 0. The van der Waals surface area contributed by atoms with Crippen molar-refractivity contribution in [3.63, 3.8) is 0 Å². The van der Waals surface area contributed by atoms with Crippen molar-refractivity contribution in [1.82, 2.24) is 10.6 Å². The second-order valence-electron chi connectivity index (χ2n) is 5.04. The van der Waals surface area contributed by atoms with E-state index in [0.717, 1.165) is 5.57 Å². The topological polar surface area (TPSA) is 75.3 Å². The molecule has 1 atom stereocenters. The molecule has 0 spiro atoms. The lowest BCUT2D eigenvalue weighted by atomic mass is 9.77. The highest BCUT2D eigenvalue weighted by Gasteiger charge is 2.41. The van der Waals surface area contributed by atoms with Crippen LogP contribution in [0.3, 0.4) is 0 Å². The third kappa shape index (κ3) is 4.52. The number of amides is 4. The molecule has 1 unspecified atom stereocenters. The Kier molecular flexibility index (Phi) is 7.36. The molecule has 126 valence electrons. The Bertz CT molecular complexity index is 646. The van der Waals surface area contributed by atoms with Crippen LogP contribution in [0, 0.1) is 11.8 Å². The summed E-state index contributed by atoms with van der Waals surface area (Å²) in [5, 5.41) is 4.30. The smallest absolute Gasteiger partial charge is 0.277 e. The molecular weight excluding hydrogens is 304 g/mol. The molecule has 0 aromatic heterocycles. The van der Waals surface area contributed by atoms with Gasteiger partial charge < -0.3 is 0 Å². The first-order valence-electron chi connectivity index (χ1n) is 7.56. The fraction of sp³-hybridized carbons (Fsp3) is 0.211. The molecule has 1 saturated heterocycles. The standard InChI is InChI=1S/C19H22N2O3/c1-5-9-11-13(7-3)15(14(8-4)12-10-6-2)16-17(22)20-19(24)21-18(16)23/h5-12,15-16H,1,4H2,2-3H3,(H2,20,21,22,23,24)/b10-6-,11-9-,13-7+,14-12+. The maximum absolute atomic E-state index is 12.3. The Balaban J connectivity index is 3.46. The van der Waals surface area contributed by atoms with Crippen LogP contribution in [0.1, 0.15) is 13.8 Å². The highest BCUT2D eigenvalue weighted by molar-refractivity contribution is 6.16. The van der Waals surface area contributed by atoms with Gasteiger partial charge in [0.2, 0.25) is 11.8 Å². The van der Waals surface area contributed by atoms with E-state index < -0.39 is 29.7 Å². The van der Waals surface area contributed by atoms with E-state index in [1.54, 1.807) is 36.5 Å². The molecule has 1 aliphatic heterocycles. The fourth-order valence-corrected chi connectivity index (χ4v) is 2.47. The predicted molar refractivity (Wildman–Crippen MR) is 94.8 cm³/mol. The summed E-state index contributed by atoms with van der Waals surface area (Å²) in [5.74, 6) is -2.91. The SMILES string of the molecule is C=C/C=C\C(=C/C)C(/C(C=C)=C/C=C\C)C1C(=O)NC(=O)NC1=O. The second-order valence-corrected chi connectivity index (χ2v) is 5.04. The van der Waals surface area contributed by atoms with Crippen LogP contribution >= 0.6 is 0 Å². The summed E-state index contributed by atoms with van der Waals surface area (Å²) in [7, 11) is 0. The molecule has 0 aromatic rings. The van der Waals surface area contributed by atoms with Gasteiger partial charge in [0.1, 0.15) is 5.92 Å². The van der Waals surface area contributed by atoms with Gasteiger partial charge in [0, 0.05) is 5.92 Å². The minimum Gasteiger partial charge on any atom is -0.277 e. The first kappa shape index (κ1) is 19.1. The van der Waals surface area contributed by atoms with E-state index in [4.69, 9.17) is 0 Å². The lowest BCUT2D eigenvalue weighted by Gasteiger charge is -2.30. The van der Waals surface area contributed by atoms with Crippen molar-refractivity contribution in [3.8, 4) is 0 Å². The van der Waals surface area contributed by atoms with Crippen LogP contribution in [-0.2, 0) is 9.59 Å². The maximum Gasteiger partial charge on any atom is 0.328 e. The zero-order chi connectivity index (χ0) is 18.1. The van der Waals surface area contributed by atoms with Gasteiger partial charge in [-0.1, -0.05) is 61.8 Å². The van der Waals surface area contributed by atoms with Crippen molar-refractivity contribution in [3.05, 3.63) is 72.9 Å². The van der Waals surface area contributed by atoms with Crippen molar-refractivity contribution >= 4 is 17.8 Å². The molecule has 0 aliphatic carbocycles. The summed E-state index contributed by atoms with van der Waals surface area (Å²) in [6, 6.07) is -0.804. The Hall–Kier alpha value is -2.95. The molecule has 5 heteroatoms. The van der Waals surface area contributed by atoms with Gasteiger partial charge in [-0.2, -0.15) is 0 Å². The number of carbonyl (C=O) groups is 3. The van der Waals surface area contributed by atoms with Crippen LogP contribution in [0.15, 0.2) is 72.9 Å². The predicted octanol–water partition coefficient (Wildman–Crippen LogP) is 2.96. The Morgan fingerprint density at radius 1 is 1.04 bits per heavy atom. The zero-order valence-corrected chi connectivity index (χ0v) is 13.9. The molecule has 1 aliphatic rings. The highest BCUT2D eigenvalue weighted by atomic mass is 16.2. The van der Waals surface area contributed by atoms with Gasteiger partial charge in [-0.25, -0.2) is 4.79 Å². The van der Waals surface area contributed by atoms with E-state index in [2.05, 4.69) is 23.8 Å². The van der Waals surface area contributed by atoms with E-state index in [1.807, 2.05) is 26.0 Å². The van der Waals surface area contributed by atoms with Gasteiger partial charge in [0.05, 0.1) is 0 Å². The van der Waals surface area contributed by atoms with Crippen LogP contribution in [0.2, 0.25) is 0 Å². The van der Waals surface area contributed by atoms with Crippen LogP contribution < -0.4 is 10.6 Å². The molecule has 0 radical (unpaired) electrons. The number of hydrogen-bond acceptors (Lipinski definition) is 3. The summed E-state index contributed by atoms with van der Waals surface area (Å²) in [6.07, 6.45) is 14.0. The number of urea groups is 1. The minimum atomic E-state index is -1.07. The quantitative estimate of drug-likeness (QED) is 0.558. The first-order chi connectivity index (χ1) is 11.5. The number of rotatable bonds is 7. The summed E-state index contributed by atoms with van der Waals surface area (Å²) in [5.41, 5.74) is 1.44. The Morgan fingerprint density at radius 3 is 2.12 bits per heavy atom.